The van der Waals surface area contributed by atoms with E-state index in [0.717, 1.165) is 12.1 Å². The Morgan fingerprint density at radius 1 is 1.32 bits per heavy atom. The number of hydrogen-bond acceptors (Lipinski definition) is 2. The van der Waals surface area contributed by atoms with Crippen LogP contribution in [0.5, 0.6) is 0 Å². The molecule has 0 fully saturated rings. The zero-order chi connectivity index (χ0) is 13.8. The van der Waals surface area contributed by atoms with E-state index in [0.29, 0.717) is 11.9 Å². The van der Waals surface area contributed by atoms with Gasteiger partial charge in [0.05, 0.1) is 11.0 Å². The molecule has 1 aromatic heterocycles. The second-order valence-electron chi connectivity index (χ2n) is 5.49. The van der Waals surface area contributed by atoms with Gasteiger partial charge in [-0.1, -0.05) is 39.2 Å². The summed E-state index contributed by atoms with van der Waals surface area (Å²) < 4.78 is 2.19. The lowest BCUT2D eigenvalue weighted by Crippen LogP contribution is -2.12. The smallest absolute Gasteiger partial charge is 0.201 e. The van der Waals surface area contributed by atoms with Crippen LogP contribution in [0.3, 0.4) is 0 Å². The molecule has 0 saturated carbocycles. The molecule has 0 aliphatic rings. The van der Waals surface area contributed by atoms with Crippen molar-refractivity contribution < 1.29 is 0 Å². The quantitative estimate of drug-likeness (QED) is 0.847. The number of anilines is 1. The highest BCUT2D eigenvalue weighted by atomic mass is 15.2. The van der Waals surface area contributed by atoms with Gasteiger partial charge in [-0.05, 0) is 37.0 Å². The minimum Gasteiger partial charge on any atom is -0.369 e. The maximum atomic E-state index is 6.09. The summed E-state index contributed by atoms with van der Waals surface area (Å²) in [6, 6.07) is 6.34. The van der Waals surface area contributed by atoms with Crippen molar-refractivity contribution in [1.29, 1.82) is 0 Å². The van der Waals surface area contributed by atoms with Crippen LogP contribution in [0.15, 0.2) is 18.2 Å². The first-order valence-electron chi connectivity index (χ1n) is 7.38. The van der Waals surface area contributed by atoms with Crippen molar-refractivity contribution in [2.75, 3.05) is 5.73 Å². The van der Waals surface area contributed by atoms with E-state index in [-0.39, 0.29) is 0 Å². The molecule has 1 aromatic carbocycles. The zero-order valence-electron chi connectivity index (χ0n) is 12.3. The molecule has 1 unspecified atom stereocenters. The Hall–Kier alpha value is -1.51. The summed E-state index contributed by atoms with van der Waals surface area (Å²) in [5, 5.41) is 0. The van der Waals surface area contributed by atoms with E-state index in [9.17, 15) is 0 Å². The molecular weight excluding hydrogens is 234 g/mol. The van der Waals surface area contributed by atoms with Crippen LogP contribution in [-0.4, -0.2) is 9.55 Å². The molecule has 19 heavy (non-hydrogen) atoms. The van der Waals surface area contributed by atoms with Gasteiger partial charge >= 0.3 is 0 Å². The SMILES string of the molecule is CCCCC(CC)Cn1c(N)nc2ccc(C)cc21. The molecule has 0 bridgehead atoms. The van der Waals surface area contributed by atoms with Crippen LogP contribution >= 0.6 is 0 Å². The van der Waals surface area contributed by atoms with Gasteiger partial charge in [-0.25, -0.2) is 4.98 Å². The molecule has 1 atom stereocenters. The number of rotatable bonds is 6. The first kappa shape index (κ1) is 13.9. The number of fused-ring (bicyclic) bond motifs is 1. The van der Waals surface area contributed by atoms with E-state index in [2.05, 4.69) is 48.5 Å². The van der Waals surface area contributed by atoms with Crippen LogP contribution in [0.25, 0.3) is 11.0 Å². The van der Waals surface area contributed by atoms with Gasteiger partial charge in [0.1, 0.15) is 0 Å². The maximum absolute atomic E-state index is 6.09. The monoisotopic (exact) mass is 259 g/mol. The van der Waals surface area contributed by atoms with Gasteiger partial charge in [0.15, 0.2) is 0 Å². The van der Waals surface area contributed by atoms with Gasteiger partial charge in [-0.15, -0.1) is 0 Å². The van der Waals surface area contributed by atoms with Gasteiger partial charge in [0.2, 0.25) is 5.95 Å². The number of unbranched alkanes of at least 4 members (excludes halogenated alkanes) is 1. The van der Waals surface area contributed by atoms with Gasteiger partial charge in [-0.3, -0.25) is 0 Å². The Labute approximate surface area is 115 Å². The molecule has 0 spiro atoms. The molecule has 2 N–H and O–H groups in total. The lowest BCUT2D eigenvalue weighted by Gasteiger charge is -2.16. The first-order valence-corrected chi connectivity index (χ1v) is 7.38. The highest BCUT2D eigenvalue weighted by Gasteiger charge is 2.13. The number of hydrogen-bond donors (Lipinski definition) is 1. The van der Waals surface area contributed by atoms with E-state index in [4.69, 9.17) is 5.73 Å². The number of nitrogens with zero attached hydrogens (tertiary/aromatic N) is 2. The normalized spacial score (nSPS) is 13.0. The van der Waals surface area contributed by atoms with Crippen LogP contribution in [-0.2, 0) is 6.54 Å². The summed E-state index contributed by atoms with van der Waals surface area (Å²) in [6.07, 6.45) is 5.03. The molecule has 0 aliphatic carbocycles. The Morgan fingerprint density at radius 3 is 2.79 bits per heavy atom. The van der Waals surface area contributed by atoms with Crippen LogP contribution in [0.4, 0.5) is 5.95 Å². The second kappa shape index (κ2) is 6.09. The predicted molar refractivity (Wildman–Crippen MR) is 82.2 cm³/mol. The predicted octanol–water partition coefficient (Wildman–Crippen LogP) is 4.14. The number of imidazole rings is 1. The minimum absolute atomic E-state index is 0.649. The Bertz CT molecular complexity index is 542. The van der Waals surface area contributed by atoms with Crippen molar-refractivity contribution in [1.82, 2.24) is 9.55 Å². The third-order valence-corrected chi connectivity index (χ3v) is 3.92. The minimum atomic E-state index is 0.649. The maximum Gasteiger partial charge on any atom is 0.201 e. The Morgan fingerprint density at radius 2 is 2.11 bits per heavy atom. The first-order chi connectivity index (χ1) is 9.15. The summed E-state index contributed by atoms with van der Waals surface area (Å²) in [4.78, 5) is 4.46. The highest BCUT2D eigenvalue weighted by Crippen LogP contribution is 2.23. The molecule has 3 nitrogen and oxygen atoms in total. The van der Waals surface area contributed by atoms with Crippen molar-refractivity contribution in [3.05, 3.63) is 23.8 Å². The van der Waals surface area contributed by atoms with Crippen LogP contribution in [0.1, 0.15) is 45.1 Å². The molecular formula is C16H25N3. The summed E-state index contributed by atoms with van der Waals surface area (Å²) in [6.45, 7) is 7.61. The van der Waals surface area contributed by atoms with Gasteiger partial charge < -0.3 is 10.3 Å². The lowest BCUT2D eigenvalue weighted by molar-refractivity contribution is 0.397. The third kappa shape index (κ3) is 3.09. The highest BCUT2D eigenvalue weighted by molar-refractivity contribution is 5.79. The molecule has 2 rings (SSSR count). The number of aryl methyl sites for hydroxylation is 1. The molecule has 0 amide bonds. The summed E-state index contributed by atoms with van der Waals surface area (Å²) in [7, 11) is 0. The van der Waals surface area contributed by atoms with Gasteiger partial charge in [0, 0.05) is 6.54 Å². The average Bonchev–Trinajstić information content (AvgIpc) is 2.70. The van der Waals surface area contributed by atoms with Crippen molar-refractivity contribution in [2.45, 2.75) is 53.0 Å². The molecule has 0 saturated heterocycles. The van der Waals surface area contributed by atoms with E-state index < -0.39 is 0 Å². The van der Waals surface area contributed by atoms with E-state index in [1.807, 2.05) is 0 Å². The van der Waals surface area contributed by atoms with Gasteiger partial charge in [-0.2, -0.15) is 0 Å². The largest absolute Gasteiger partial charge is 0.369 e. The molecule has 0 aliphatic heterocycles. The molecule has 2 aromatic rings. The number of aromatic nitrogens is 2. The second-order valence-corrected chi connectivity index (χ2v) is 5.49. The zero-order valence-corrected chi connectivity index (χ0v) is 12.3. The third-order valence-electron chi connectivity index (χ3n) is 3.92. The fourth-order valence-electron chi connectivity index (χ4n) is 2.62. The number of benzene rings is 1. The van der Waals surface area contributed by atoms with Crippen LogP contribution < -0.4 is 5.73 Å². The fraction of sp³-hybridized carbons (Fsp3) is 0.562. The van der Waals surface area contributed by atoms with Gasteiger partial charge in [0.25, 0.3) is 0 Å². The van der Waals surface area contributed by atoms with Crippen LogP contribution in [0.2, 0.25) is 0 Å². The van der Waals surface area contributed by atoms with Crippen molar-refractivity contribution in [2.24, 2.45) is 5.92 Å². The van der Waals surface area contributed by atoms with E-state index in [1.165, 1.54) is 36.8 Å². The molecule has 0 radical (unpaired) electrons. The van der Waals surface area contributed by atoms with Crippen molar-refractivity contribution in [3.8, 4) is 0 Å². The van der Waals surface area contributed by atoms with E-state index >= 15 is 0 Å². The van der Waals surface area contributed by atoms with E-state index in [1.54, 1.807) is 0 Å². The van der Waals surface area contributed by atoms with Crippen LogP contribution in [0, 0.1) is 12.8 Å². The van der Waals surface area contributed by atoms with Crippen molar-refractivity contribution >= 4 is 17.0 Å². The Balaban J connectivity index is 2.27. The Kier molecular flexibility index (Phi) is 4.46. The fourth-order valence-corrected chi connectivity index (χ4v) is 2.62. The summed E-state index contributed by atoms with van der Waals surface area (Å²) >= 11 is 0. The summed E-state index contributed by atoms with van der Waals surface area (Å²) in [5.74, 6) is 1.34. The number of nitrogens with two attached hydrogens (primary N) is 1. The van der Waals surface area contributed by atoms with Crippen molar-refractivity contribution in [3.63, 3.8) is 0 Å². The molecule has 104 valence electrons. The number of nitrogen functional groups attached to an aromatic ring is 1. The topological polar surface area (TPSA) is 43.8 Å². The standard InChI is InChI=1S/C16H25N3/c1-4-6-7-13(5-2)11-19-15-10-12(3)8-9-14(15)18-16(19)17/h8-10,13H,4-7,11H2,1-3H3,(H2,17,18). The molecule has 1 heterocycles. The average molecular weight is 259 g/mol. The lowest BCUT2D eigenvalue weighted by atomic mass is 9.99. The summed E-state index contributed by atoms with van der Waals surface area (Å²) in [5.41, 5.74) is 9.53. The molecule has 3 heteroatoms.